The third-order valence-corrected chi connectivity index (χ3v) is 5.21. The number of nitrogens with zero attached hydrogens (tertiary/aromatic N) is 3. The molecule has 1 saturated heterocycles. The molecule has 0 aliphatic carbocycles. The first-order valence-corrected chi connectivity index (χ1v) is 9.77. The van der Waals surface area contributed by atoms with Crippen molar-refractivity contribution >= 4 is 23.3 Å². The van der Waals surface area contributed by atoms with Crippen molar-refractivity contribution < 1.29 is 14.0 Å². The van der Waals surface area contributed by atoms with Gasteiger partial charge < -0.3 is 10.2 Å². The van der Waals surface area contributed by atoms with Crippen LogP contribution in [0.2, 0.25) is 0 Å². The molecule has 0 unspecified atom stereocenters. The highest BCUT2D eigenvalue weighted by molar-refractivity contribution is 6.20. The molecule has 2 amide bonds. The smallest absolute Gasteiger partial charge is 0.266 e. The summed E-state index contributed by atoms with van der Waals surface area (Å²) in [5.41, 5.74) is 1.75. The van der Waals surface area contributed by atoms with Gasteiger partial charge in [-0.2, -0.15) is 5.26 Å². The number of hydrogen-bond donors (Lipinski definition) is 1. The third-order valence-electron chi connectivity index (χ3n) is 5.21. The Morgan fingerprint density at radius 3 is 2.33 bits per heavy atom. The molecule has 0 aromatic heterocycles. The van der Waals surface area contributed by atoms with Gasteiger partial charge in [-0.15, -0.1) is 0 Å². The summed E-state index contributed by atoms with van der Waals surface area (Å²) in [6.07, 6.45) is 2.90. The van der Waals surface area contributed by atoms with Crippen LogP contribution in [0.5, 0.6) is 0 Å². The van der Waals surface area contributed by atoms with Crippen LogP contribution < -0.4 is 5.32 Å². The molecule has 7 heteroatoms. The maximum absolute atomic E-state index is 13.1. The van der Waals surface area contributed by atoms with Crippen LogP contribution in [-0.4, -0.2) is 35.6 Å². The Morgan fingerprint density at radius 1 is 1.00 bits per heavy atom. The largest absolute Gasteiger partial charge is 0.338 e. The van der Waals surface area contributed by atoms with Crippen molar-refractivity contribution in [1.82, 2.24) is 10.2 Å². The van der Waals surface area contributed by atoms with E-state index in [4.69, 9.17) is 0 Å². The molecular weight excluding hydrogens is 383 g/mol. The van der Waals surface area contributed by atoms with Crippen molar-refractivity contribution in [2.24, 2.45) is 4.99 Å². The molecule has 2 aromatic rings. The van der Waals surface area contributed by atoms with Crippen LogP contribution in [0.4, 0.5) is 4.39 Å². The zero-order valence-electron chi connectivity index (χ0n) is 16.2. The molecule has 0 saturated carbocycles. The Bertz CT molecular complexity index is 1110. The van der Waals surface area contributed by atoms with Crippen molar-refractivity contribution in [3.8, 4) is 6.07 Å². The Morgan fingerprint density at radius 2 is 1.67 bits per heavy atom. The summed E-state index contributed by atoms with van der Waals surface area (Å²) in [6.45, 7) is 1.24. The van der Waals surface area contributed by atoms with Gasteiger partial charge in [0.05, 0.1) is 5.70 Å². The van der Waals surface area contributed by atoms with Crippen LogP contribution in [0.3, 0.4) is 0 Å². The lowest BCUT2D eigenvalue weighted by Gasteiger charge is -2.26. The molecule has 150 valence electrons. The van der Waals surface area contributed by atoms with E-state index in [1.165, 1.54) is 24.3 Å². The number of nitriles is 1. The zero-order valence-corrected chi connectivity index (χ0v) is 16.2. The number of rotatable bonds is 2. The van der Waals surface area contributed by atoms with Gasteiger partial charge in [0.2, 0.25) is 0 Å². The summed E-state index contributed by atoms with van der Waals surface area (Å²) >= 11 is 0. The van der Waals surface area contributed by atoms with Crippen LogP contribution in [0.25, 0.3) is 5.70 Å². The average Bonchev–Trinajstić information content (AvgIpc) is 3.13. The van der Waals surface area contributed by atoms with E-state index in [2.05, 4.69) is 10.3 Å². The fraction of sp³-hybridized carbons (Fsp3) is 0.217. The van der Waals surface area contributed by atoms with Crippen LogP contribution in [0.15, 0.2) is 59.1 Å². The normalized spacial score (nSPS) is 16.9. The van der Waals surface area contributed by atoms with Crippen LogP contribution >= 0.6 is 0 Å². The number of piperidine rings is 1. The van der Waals surface area contributed by atoms with Crippen molar-refractivity contribution in [1.29, 1.82) is 5.26 Å². The number of carbonyl (C=O) groups excluding carboxylic acids is 2. The van der Waals surface area contributed by atoms with Gasteiger partial charge in [0.25, 0.3) is 11.8 Å². The Kier molecular flexibility index (Phi) is 5.40. The lowest BCUT2D eigenvalue weighted by Crippen LogP contribution is -2.36. The summed E-state index contributed by atoms with van der Waals surface area (Å²) in [4.78, 5) is 31.7. The van der Waals surface area contributed by atoms with Crippen LogP contribution in [0.1, 0.15) is 40.7 Å². The number of benzene rings is 2. The topological polar surface area (TPSA) is 85.6 Å². The molecule has 2 aliphatic rings. The van der Waals surface area contributed by atoms with Gasteiger partial charge in [0, 0.05) is 29.8 Å². The van der Waals surface area contributed by atoms with Gasteiger partial charge in [-0.3, -0.25) is 9.59 Å². The summed E-state index contributed by atoms with van der Waals surface area (Å²) in [6, 6.07) is 14.3. The molecule has 0 radical (unpaired) electrons. The van der Waals surface area contributed by atoms with E-state index in [-0.39, 0.29) is 28.6 Å². The predicted molar refractivity (Wildman–Crippen MR) is 110 cm³/mol. The summed E-state index contributed by atoms with van der Waals surface area (Å²) in [7, 11) is 0. The van der Waals surface area contributed by atoms with Crippen molar-refractivity contribution in [3.63, 3.8) is 0 Å². The quantitative estimate of drug-likeness (QED) is 0.618. The average molecular weight is 402 g/mol. The van der Waals surface area contributed by atoms with E-state index in [1.807, 2.05) is 6.07 Å². The summed E-state index contributed by atoms with van der Waals surface area (Å²) in [5, 5.41) is 12.5. The second-order valence-electron chi connectivity index (χ2n) is 7.16. The van der Waals surface area contributed by atoms with Gasteiger partial charge in [0.15, 0.2) is 0 Å². The first kappa shape index (κ1) is 19.5. The number of halogens is 1. The number of carbonyl (C=O) groups is 2. The highest BCUT2D eigenvalue weighted by atomic mass is 19.1. The van der Waals surface area contributed by atoms with Crippen molar-refractivity contribution in [2.45, 2.75) is 19.3 Å². The van der Waals surface area contributed by atoms with Gasteiger partial charge in [0.1, 0.15) is 23.3 Å². The fourth-order valence-corrected chi connectivity index (χ4v) is 3.65. The highest BCUT2D eigenvalue weighted by Crippen LogP contribution is 2.31. The molecule has 0 atom stereocenters. The van der Waals surface area contributed by atoms with Gasteiger partial charge in [-0.1, -0.05) is 24.3 Å². The lowest BCUT2D eigenvalue weighted by atomic mass is 10.0. The first-order valence-electron chi connectivity index (χ1n) is 9.77. The molecular formula is C23H19FN4O2. The number of likely N-dealkylation sites (tertiary alicyclic amines) is 1. The molecule has 2 aliphatic heterocycles. The summed E-state index contributed by atoms with van der Waals surface area (Å²) < 4.78 is 13.1. The van der Waals surface area contributed by atoms with E-state index < -0.39 is 11.7 Å². The van der Waals surface area contributed by atoms with Gasteiger partial charge in [-0.25, -0.2) is 9.38 Å². The van der Waals surface area contributed by atoms with Crippen LogP contribution in [-0.2, 0) is 4.79 Å². The minimum absolute atomic E-state index is 0.0321. The van der Waals surface area contributed by atoms with E-state index >= 15 is 0 Å². The van der Waals surface area contributed by atoms with Crippen LogP contribution in [0, 0.1) is 17.1 Å². The predicted octanol–water partition coefficient (Wildman–Crippen LogP) is 3.26. The Balaban J connectivity index is 1.70. The Labute approximate surface area is 173 Å². The number of hydrogen-bond acceptors (Lipinski definition) is 4. The standard InChI is InChI=1S/C23H19FN4O2/c24-16-10-8-15(9-11-16)22(29)27-21-18-7-3-2-6-17(18)20(26-21)19(14-25)23(30)28-12-4-1-5-13-28/h2-3,6-11H,1,4-5,12-13H2,(H,26,27,29). The first-order chi connectivity index (χ1) is 14.6. The molecule has 4 rings (SSSR count). The molecule has 1 N–H and O–H groups in total. The monoisotopic (exact) mass is 402 g/mol. The van der Waals surface area contributed by atoms with Crippen molar-refractivity contribution in [3.05, 3.63) is 76.6 Å². The second kappa shape index (κ2) is 8.29. The minimum atomic E-state index is -0.453. The van der Waals surface area contributed by atoms with Crippen molar-refractivity contribution in [2.75, 3.05) is 13.1 Å². The molecule has 30 heavy (non-hydrogen) atoms. The van der Waals surface area contributed by atoms with E-state index in [0.717, 1.165) is 19.3 Å². The molecule has 1 fully saturated rings. The van der Waals surface area contributed by atoms with E-state index in [9.17, 15) is 19.2 Å². The maximum atomic E-state index is 13.1. The number of fused-ring (bicyclic) bond motifs is 1. The molecule has 6 nitrogen and oxygen atoms in total. The zero-order chi connectivity index (χ0) is 21.1. The molecule has 0 spiro atoms. The number of nitrogens with one attached hydrogen (secondary N) is 1. The fourth-order valence-electron chi connectivity index (χ4n) is 3.65. The van der Waals surface area contributed by atoms with Gasteiger partial charge in [-0.05, 0) is 43.5 Å². The Hall–Kier alpha value is -3.79. The third kappa shape index (κ3) is 3.72. The number of amidine groups is 1. The molecule has 2 heterocycles. The molecule has 0 bridgehead atoms. The SMILES string of the molecule is N#CC(C(=O)N1CCCCC1)=C1N=C(NC(=O)c2ccc(F)cc2)c2ccccc21. The summed E-state index contributed by atoms with van der Waals surface area (Å²) in [5.74, 6) is -0.966. The number of aliphatic imine (C=N–C) groups is 1. The molecule has 2 aromatic carbocycles. The van der Waals surface area contributed by atoms with E-state index in [0.29, 0.717) is 24.2 Å². The number of amides is 2. The maximum Gasteiger partial charge on any atom is 0.266 e. The van der Waals surface area contributed by atoms with Gasteiger partial charge >= 0.3 is 0 Å². The van der Waals surface area contributed by atoms with E-state index in [1.54, 1.807) is 29.2 Å². The lowest BCUT2D eigenvalue weighted by molar-refractivity contribution is -0.127. The second-order valence-corrected chi connectivity index (χ2v) is 7.16. The highest BCUT2D eigenvalue weighted by Gasteiger charge is 2.29. The minimum Gasteiger partial charge on any atom is -0.338 e.